The largest absolute Gasteiger partial charge is 0.384 e. The first-order chi connectivity index (χ1) is 10.0. The van der Waals surface area contributed by atoms with E-state index < -0.39 is 0 Å². The summed E-state index contributed by atoms with van der Waals surface area (Å²) in [5.41, 5.74) is 2.69. The topological polar surface area (TPSA) is 61.0 Å². The molecule has 1 saturated heterocycles. The molecule has 3 rings (SSSR count). The first kappa shape index (κ1) is 14.2. The van der Waals surface area contributed by atoms with Gasteiger partial charge in [0.25, 0.3) is 5.91 Å². The molecule has 0 spiro atoms. The van der Waals surface area contributed by atoms with E-state index >= 15 is 0 Å². The number of nitrogens with zero attached hydrogens (tertiary/aromatic N) is 2. The number of likely N-dealkylation sites (tertiary alicyclic amines) is 1. The van der Waals surface area contributed by atoms with E-state index in [2.05, 4.69) is 35.9 Å². The number of aromatic nitrogens is 2. The average molecular weight is 288 g/mol. The fraction of sp³-hybridized carbons (Fsp3) is 0.625. The summed E-state index contributed by atoms with van der Waals surface area (Å²) < 4.78 is 0. The maximum Gasteiger partial charge on any atom is 0.274 e. The minimum Gasteiger partial charge on any atom is -0.384 e. The molecule has 0 bridgehead atoms. The molecule has 5 heteroatoms. The van der Waals surface area contributed by atoms with Crippen LogP contribution in [0.5, 0.6) is 0 Å². The normalized spacial score (nSPS) is 21.9. The molecule has 2 N–H and O–H groups in total. The van der Waals surface area contributed by atoms with Crippen LogP contribution in [0.1, 0.15) is 55.2 Å². The second-order valence-corrected chi connectivity index (χ2v) is 6.54. The summed E-state index contributed by atoms with van der Waals surface area (Å²) in [5, 5.41) is 10.6. The SMILES string of the molecule is C=C(NC1CCN(C(=O)c2cc(C(C)C)[nH]n2)C1)C1CC1. The summed E-state index contributed by atoms with van der Waals surface area (Å²) in [6.07, 6.45) is 3.50. The van der Waals surface area contributed by atoms with E-state index in [9.17, 15) is 4.79 Å². The summed E-state index contributed by atoms with van der Waals surface area (Å²) in [6, 6.07) is 2.21. The number of H-pyrrole nitrogens is 1. The number of hydrogen-bond acceptors (Lipinski definition) is 3. The van der Waals surface area contributed by atoms with Gasteiger partial charge in [0.15, 0.2) is 0 Å². The van der Waals surface area contributed by atoms with Crippen molar-refractivity contribution >= 4 is 5.91 Å². The van der Waals surface area contributed by atoms with Crippen LogP contribution < -0.4 is 5.32 Å². The van der Waals surface area contributed by atoms with Gasteiger partial charge in [-0.3, -0.25) is 9.89 Å². The Bertz CT molecular complexity index is 544. The van der Waals surface area contributed by atoms with Crippen LogP contribution >= 0.6 is 0 Å². The van der Waals surface area contributed by atoms with Crippen molar-refractivity contribution in [3.8, 4) is 0 Å². The minimum atomic E-state index is 0.0273. The van der Waals surface area contributed by atoms with Crippen molar-refractivity contribution in [2.45, 2.75) is 45.1 Å². The fourth-order valence-electron chi connectivity index (χ4n) is 2.78. The zero-order valence-corrected chi connectivity index (χ0v) is 12.9. The average Bonchev–Trinajstić information content (AvgIpc) is 3.01. The Kier molecular flexibility index (Phi) is 3.74. The molecule has 2 fully saturated rings. The number of allylic oxidation sites excluding steroid dienone is 1. The van der Waals surface area contributed by atoms with Gasteiger partial charge >= 0.3 is 0 Å². The van der Waals surface area contributed by atoms with Gasteiger partial charge in [-0.25, -0.2) is 0 Å². The highest BCUT2D eigenvalue weighted by molar-refractivity contribution is 5.92. The number of amides is 1. The van der Waals surface area contributed by atoms with Crippen molar-refractivity contribution in [1.29, 1.82) is 0 Å². The van der Waals surface area contributed by atoms with E-state index in [-0.39, 0.29) is 5.91 Å². The van der Waals surface area contributed by atoms with Crippen LogP contribution in [-0.4, -0.2) is 40.1 Å². The molecule has 1 aliphatic carbocycles. The lowest BCUT2D eigenvalue weighted by Crippen LogP contribution is -2.35. The molecule has 1 aliphatic heterocycles. The molecule has 114 valence electrons. The van der Waals surface area contributed by atoms with Crippen LogP contribution in [-0.2, 0) is 0 Å². The standard InChI is InChI=1S/C16H24N4O/c1-10(2)14-8-15(19-18-14)16(21)20-7-6-13(9-20)17-11(3)12-4-5-12/h8,10,12-13,17H,3-7,9H2,1-2H3,(H,18,19). The molecule has 21 heavy (non-hydrogen) atoms. The van der Waals surface area contributed by atoms with Crippen molar-refractivity contribution in [2.24, 2.45) is 5.92 Å². The van der Waals surface area contributed by atoms with Crippen molar-refractivity contribution in [2.75, 3.05) is 13.1 Å². The van der Waals surface area contributed by atoms with Gasteiger partial charge in [-0.1, -0.05) is 20.4 Å². The number of hydrogen-bond donors (Lipinski definition) is 2. The van der Waals surface area contributed by atoms with Gasteiger partial charge in [-0.2, -0.15) is 5.10 Å². The van der Waals surface area contributed by atoms with Crippen LogP contribution in [0.4, 0.5) is 0 Å². The molecule has 1 aromatic heterocycles. The number of nitrogens with one attached hydrogen (secondary N) is 2. The molecule has 1 atom stereocenters. The lowest BCUT2D eigenvalue weighted by molar-refractivity contribution is 0.0784. The lowest BCUT2D eigenvalue weighted by Gasteiger charge is -2.17. The van der Waals surface area contributed by atoms with Crippen LogP contribution in [0.15, 0.2) is 18.3 Å². The van der Waals surface area contributed by atoms with E-state index in [1.807, 2.05) is 11.0 Å². The summed E-state index contributed by atoms with van der Waals surface area (Å²) in [4.78, 5) is 14.3. The minimum absolute atomic E-state index is 0.0273. The predicted molar refractivity (Wildman–Crippen MR) is 82.0 cm³/mol. The van der Waals surface area contributed by atoms with Crippen LogP contribution in [0, 0.1) is 5.92 Å². The highest BCUT2D eigenvalue weighted by Gasteiger charge is 2.31. The Hall–Kier alpha value is -1.78. The summed E-state index contributed by atoms with van der Waals surface area (Å²) in [5.74, 6) is 1.04. The third kappa shape index (κ3) is 3.12. The highest BCUT2D eigenvalue weighted by atomic mass is 16.2. The zero-order valence-electron chi connectivity index (χ0n) is 12.9. The number of rotatable bonds is 5. The van der Waals surface area contributed by atoms with E-state index in [0.29, 0.717) is 23.6 Å². The molecule has 1 aromatic rings. The molecule has 2 aliphatic rings. The molecule has 1 amide bonds. The smallest absolute Gasteiger partial charge is 0.274 e. The van der Waals surface area contributed by atoms with Gasteiger partial charge in [0.05, 0.1) is 0 Å². The molecular formula is C16H24N4O. The van der Waals surface area contributed by atoms with Crippen molar-refractivity contribution in [3.05, 3.63) is 29.7 Å². The first-order valence-corrected chi connectivity index (χ1v) is 7.84. The monoisotopic (exact) mass is 288 g/mol. The second kappa shape index (κ2) is 5.54. The van der Waals surface area contributed by atoms with Crippen LogP contribution in [0.3, 0.4) is 0 Å². The van der Waals surface area contributed by atoms with Crippen LogP contribution in [0.25, 0.3) is 0 Å². The molecule has 0 radical (unpaired) electrons. The van der Waals surface area contributed by atoms with Gasteiger partial charge in [-0.15, -0.1) is 0 Å². The van der Waals surface area contributed by atoms with Crippen molar-refractivity contribution in [3.63, 3.8) is 0 Å². The van der Waals surface area contributed by atoms with E-state index in [4.69, 9.17) is 0 Å². The van der Waals surface area contributed by atoms with Crippen LogP contribution in [0.2, 0.25) is 0 Å². The third-order valence-electron chi connectivity index (χ3n) is 4.37. The van der Waals surface area contributed by atoms with Gasteiger partial charge in [0, 0.05) is 30.5 Å². The first-order valence-electron chi connectivity index (χ1n) is 7.84. The Balaban J connectivity index is 1.56. The predicted octanol–water partition coefficient (Wildman–Crippen LogP) is 2.26. The molecule has 0 aromatic carbocycles. The van der Waals surface area contributed by atoms with Crippen molar-refractivity contribution in [1.82, 2.24) is 20.4 Å². The lowest BCUT2D eigenvalue weighted by atomic mass is 10.1. The zero-order chi connectivity index (χ0) is 15.0. The third-order valence-corrected chi connectivity index (χ3v) is 4.37. The molecule has 5 nitrogen and oxygen atoms in total. The summed E-state index contributed by atoms with van der Waals surface area (Å²) in [6.45, 7) is 9.80. The fourth-order valence-corrected chi connectivity index (χ4v) is 2.78. The van der Waals surface area contributed by atoms with Crippen molar-refractivity contribution < 1.29 is 4.79 Å². The second-order valence-electron chi connectivity index (χ2n) is 6.54. The Morgan fingerprint density at radius 3 is 2.86 bits per heavy atom. The van der Waals surface area contributed by atoms with Gasteiger partial charge in [-0.05, 0) is 37.2 Å². The van der Waals surface area contributed by atoms with Gasteiger partial charge < -0.3 is 10.2 Å². The highest BCUT2D eigenvalue weighted by Crippen LogP contribution is 2.34. The maximum absolute atomic E-state index is 12.5. The number of aromatic amines is 1. The Morgan fingerprint density at radius 2 is 2.24 bits per heavy atom. The van der Waals surface area contributed by atoms with E-state index in [1.54, 1.807) is 0 Å². The summed E-state index contributed by atoms with van der Waals surface area (Å²) in [7, 11) is 0. The van der Waals surface area contributed by atoms with Gasteiger partial charge in [0.2, 0.25) is 0 Å². The van der Waals surface area contributed by atoms with E-state index in [1.165, 1.54) is 12.8 Å². The number of carbonyl (C=O) groups excluding carboxylic acids is 1. The molecule has 2 heterocycles. The Labute approximate surface area is 125 Å². The molecule has 1 unspecified atom stereocenters. The van der Waals surface area contributed by atoms with E-state index in [0.717, 1.165) is 30.9 Å². The quantitative estimate of drug-likeness (QED) is 0.873. The summed E-state index contributed by atoms with van der Waals surface area (Å²) >= 11 is 0. The molecular weight excluding hydrogens is 264 g/mol. The number of carbonyl (C=O) groups is 1. The molecule has 1 saturated carbocycles. The maximum atomic E-state index is 12.5. The Morgan fingerprint density at radius 1 is 1.48 bits per heavy atom. The van der Waals surface area contributed by atoms with Gasteiger partial charge in [0.1, 0.15) is 5.69 Å².